The number of aliphatic imine (C=N–C) groups is 1. The van der Waals surface area contributed by atoms with Crippen molar-refractivity contribution in [3.8, 4) is 0 Å². The molecular weight excluding hydrogens is 246 g/mol. The van der Waals surface area contributed by atoms with Crippen molar-refractivity contribution in [2.45, 2.75) is 33.2 Å². The van der Waals surface area contributed by atoms with Gasteiger partial charge in [0.15, 0.2) is 5.96 Å². The molecule has 18 heavy (non-hydrogen) atoms. The molecular formula is C14H22ClN3. The molecule has 0 saturated carbocycles. The fourth-order valence-electron chi connectivity index (χ4n) is 1.54. The molecule has 3 nitrogen and oxygen atoms in total. The molecule has 0 aliphatic rings. The van der Waals surface area contributed by atoms with Gasteiger partial charge >= 0.3 is 0 Å². The number of hydrogen-bond acceptors (Lipinski definition) is 1. The van der Waals surface area contributed by atoms with Crippen LogP contribution in [0.4, 0.5) is 0 Å². The molecule has 0 aromatic heterocycles. The molecule has 1 aromatic rings. The quantitative estimate of drug-likeness (QED) is 0.636. The summed E-state index contributed by atoms with van der Waals surface area (Å²) < 4.78 is 0. The van der Waals surface area contributed by atoms with Crippen LogP contribution in [-0.4, -0.2) is 25.1 Å². The molecule has 0 unspecified atom stereocenters. The molecule has 1 rings (SSSR count). The Morgan fingerprint density at radius 3 is 2.50 bits per heavy atom. The predicted octanol–water partition coefficient (Wildman–Crippen LogP) is 2.85. The smallest absolute Gasteiger partial charge is 0.191 e. The highest BCUT2D eigenvalue weighted by Gasteiger charge is 1.99. The van der Waals surface area contributed by atoms with Gasteiger partial charge in [-0.05, 0) is 44.9 Å². The SMILES string of the molecule is CCNC(=NCCc1ccc(Cl)cc1)NC(C)C. The van der Waals surface area contributed by atoms with Crippen molar-refractivity contribution in [2.75, 3.05) is 13.1 Å². The summed E-state index contributed by atoms with van der Waals surface area (Å²) in [5, 5.41) is 7.30. The average molecular weight is 268 g/mol. The van der Waals surface area contributed by atoms with E-state index in [9.17, 15) is 0 Å². The van der Waals surface area contributed by atoms with Crippen molar-refractivity contribution in [1.82, 2.24) is 10.6 Å². The maximum Gasteiger partial charge on any atom is 0.191 e. The van der Waals surface area contributed by atoms with Crippen LogP contribution in [0.3, 0.4) is 0 Å². The first kappa shape index (κ1) is 14.8. The van der Waals surface area contributed by atoms with E-state index in [1.165, 1.54) is 5.56 Å². The van der Waals surface area contributed by atoms with Crippen LogP contribution in [0.15, 0.2) is 29.3 Å². The summed E-state index contributed by atoms with van der Waals surface area (Å²) in [6.45, 7) is 7.91. The van der Waals surface area contributed by atoms with Gasteiger partial charge in [-0.25, -0.2) is 0 Å². The number of guanidine groups is 1. The monoisotopic (exact) mass is 267 g/mol. The minimum atomic E-state index is 0.387. The first-order chi connectivity index (χ1) is 8.61. The molecule has 0 amide bonds. The van der Waals surface area contributed by atoms with Gasteiger partial charge in [0.05, 0.1) is 0 Å². The van der Waals surface area contributed by atoms with Gasteiger partial charge in [-0.3, -0.25) is 4.99 Å². The van der Waals surface area contributed by atoms with Gasteiger partial charge in [-0.1, -0.05) is 23.7 Å². The summed E-state index contributed by atoms with van der Waals surface area (Å²) in [4.78, 5) is 4.53. The lowest BCUT2D eigenvalue weighted by molar-refractivity contribution is 0.700. The summed E-state index contributed by atoms with van der Waals surface area (Å²) >= 11 is 5.85. The van der Waals surface area contributed by atoms with Crippen molar-refractivity contribution < 1.29 is 0 Å². The zero-order valence-corrected chi connectivity index (χ0v) is 12.1. The standard InChI is InChI=1S/C14H22ClN3/c1-4-16-14(18-11(2)3)17-10-9-12-5-7-13(15)8-6-12/h5-8,11H,4,9-10H2,1-3H3,(H2,16,17,18). The summed E-state index contributed by atoms with van der Waals surface area (Å²) in [5.41, 5.74) is 1.25. The molecule has 0 aliphatic heterocycles. The van der Waals surface area contributed by atoms with E-state index >= 15 is 0 Å². The lowest BCUT2D eigenvalue weighted by Crippen LogP contribution is -2.41. The molecule has 0 bridgehead atoms. The second-order valence-corrected chi connectivity index (χ2v) is 4.87. The maximum atomic E-state index is 5.85. The van der Waals surface area contributed by atoms with E-state index in [1.54, 1.807) is 0 Å². The van der Waals surface area contributed by atoms with Gasteiger partial charge in [-0.2, -0.15) is 0 Å². The number of nitrogens with one attached hydrogen (secondary N) is 2. The summed E-state index contributed by atoms with van der Waals surface area (Å²) in [6, 6.07) is 8.30. The molecule has 0 radical (unpaired) electrons. The lowest BCUT2D eigenvalue weighted by atomic mass is 10.1. The van der Waals surface area contributed by atoms with Crippen LogP contribution in [0.1, 0.15) is 26.3 Å². The molecule has 0 aliphatic carbocycles. The minimum absolute atomic E-state index is 0.387. The largest absolute Gasteiger partial charge is 0.357 e. The van der Waals surface area contributed by atoms with E-state index in [-0.39, 0.29) is 0 Å². The lowest BCUT2D eigenvalue weighted by Gasteiger charge is -2.13. The van der Waals surface area contributed by atoms with Gasteiger partial charge in [0, 0.05) is 24.2 Å². The molecule has 100 valence electrons. The minimum Gasteiger partial charge on any atom is -0.357 e. The number of benzene rings is 1. The second kappa shape index (κ2) is 7.98. The Morgan fingerprint density at radius 1 is 1.28 bits per heavy atom. The highest BCUT2D eigenvalue weighted by Crippen LogP contribution is 2.09. The number of nitrogens with zero attached hydrogens (tertiary/aromatic N) is 1. The van der Waals surface area contributed by atoms with E-state index < -0.39 is 0 Å². The van der Waals surface area contributed by atoms with E-state index in [2.05, 4.69) is 36.4 Å². The number of rotatable bonds is 5. The summed E-state index contributed by atoms with van der Waals surface area (Å²) in [6.07, 6.45) is 0.922. The third-order valence-electron chi connectivity index (χ3n) is 2.35. The van der Waals surface area contributed by atoms with E-state index in [4.69, 9.17) is 11.6 Å². The topological polar surface area (TPSA) is 36.4 Å². The summed E-state index contributed by atoms with van der Waals surface area (Å²) in [7, 11) is 0. The Morgan fingerprint density at radius 2 is 1.94 bits per heavy atom. The van der Waals surface area contributed by atoms with E-state index in [1.807, 2.05) is 24.3 Å². The molecule has 4 heteroatoms. The normalized spacial score (nSPS) is 11.7. The number of halogens is 1. The Balaban J connectivity index is 2.47. The van der Waals surface area contributed by atoms with Crippen molar-refractivity contribution in [1.29, 1.82) is 0 Å². The zero-order chi connectivity index (χ0) is 13.4. The fourth-order valence-corrected chi connectivity index (χ4v) is 1.67. The fraction of sp³-hybridized carbons (Fsp3) is 0.500. The van der Waals surface area contributed by atoms with Crippen molar-refractivity contribution >= 4 is 17.6 Å². The van der Waals surface area contributed by atoms with Gasteiger partial charge < -0.3 is 10.6 Å². The molecule has 0 spiro atoms. The molecule has 0 heterocycles. The first-order valence-electron chi connectivity index (χ1n) is 6.41. The molecule has 0 atom stereocenters. The first-order valence-corrected chi connectivity index (χ1v) is 6.79. The van der Waals surface area contributed by atoms with Gasteiger partial charge in [0.2, 0.25) is 0 Å². The van der Waals surface area contributed by atoms with Crippen molar-refractivity contribution in [2.24, 2.45) is 4.99 Å². The highest BCUT2D eigenvalue weighted by molar-refractivity contribution is 6.30. The Kier molecular flexibility index (Phi) is 6.58. The Bertz CT molecular complexity index is 371. The molecule has 1 aromatic carbocycles. The highest BCUT2D eigenvalue weighted by atomic mass is 35.5. The van der Waals surface area contributed by atoms with Crippen LogP contribution < -0.4 is 10.6 Å². The molecule has 0 fully saturated rings. The van der Waals surface area contributed by atoms with Crippen LogP contribution in [-0.2, 0) is 6.42 Å². The van der Waals surface area contributed by atoms with E-state index in [0.29, 0.717) is 6.04 Å². The number of hydrogen-bond donors (Lipinski definition) is 2. The van der Waals surface area contributed by atoms with Gasteiger partial charge in [0.1, 0.15) is 0 Å². The third-order valence-corrected chi connectivity index (χ3v) is 2.61. The van der Waals surface area contributed by atoms with Gasteiger partial charge in [0.25, 0.3) is 0 Å². The maximum absolute atomic E-state index is 5.85. The van der Waals surface area contributed by atoms with Crippen molar-refractivity contribution in [3.05, 3.63) is 34.9 Å². The third kappa shape index (κ3) is 5.92. The molecule has 2 N–H and O–H groups in total. The van der Waals surface area contributed by atoms with Crippen LogP contribution in [0, 0.1) is 0 Å². The predicted molar refractivity (Wildman–Crippen MR) is 79.4 cm³/mol. The molecule has 0 saturated heterocycles. The van der Waals surface area contributed by atoms with Gasteiger partial charge in [-0.15, -0.1) is 0 Å². The second-order valence-electron chi connectivity index (χ2n) is 4.44. The van der Waals surface area contributed by atoms with Crippen LogP contribution in [0.2, 0.25) is 5.02 Å². The van der Waals surface area contributed by atoms with Crippen LogP contribution >= 0.6 is 11.6 Å². The van der Waals surface area contributed by atoms with Crippen molar-refractivity contribution in [3.63, 3.8) is 0 Å². The Hall–Kier alpha value is -1.22. The summed E-state index contributed by atoms with van der Waals surface area (Å²) in [5.74, 6) is 0.876. The average Bonchev–Trinajstić information content (AvgIpc) is 2.31. The zero-order valence-electron chi connectivity index (χ0n) is 11.3. The Labute approximate surface area is 115 Å². The van der Waals surface area contributed by atoms with Crippen LogP contribution in [0.25, 0.3) is 0 Å². The van der Waals surface area contributed by atoms with E-state index in [0.717, 1.165) is 30.5 Å². The van der Waals surface area contributed by atoms with Crippen LogP contribution in [0.5, 0.6) is 0 Å².